The topological polar surface area (TPSA) is 75.4 Å². The summed E-state index contributed by atoms with van der Waals surface area (Å²) in [7, 11) is 0. The molecule has 1 aromatic carbocycles. The zero-order chi connectivity index (χ0) is 18.1. The summed E-state index contributed by atoms with van der Waals surface area (Å²) in [6.45, 7) is 4.10. The van der Waals surface area contributed by atoms with Gasteiger partial charge in [0, 0.05) is 12.6 Å². The Balaban J connectivity index is 1.93. The molecule has 3 rings (SSSR count). The number of aliphatic carboxylic acids is 1. The fourth-order valence-electron chi connectivity index (χ4n) is 3.45. The van der Waals surface area contributed by atoms with Gasteiger partial charge in [-0.2, -0.15) is 5.10 Å². The minimum atomic E-state index is -0.903. The van der Waals surface area contributed by atoms with Gasteiger partial charge in [0.2, 0.25) is 0 Å². The van der Waals surface area contributed by atoms with Gasteiger partial charge in [-0.25, -0.2) is 9.07 Å². The van der Waals surface area contributed by atoms with Crippen LogP contribution in [0.5, 0.6) is 0 Å². The van der Waals surface area contributed by atoms with Crippen molar-refractivity contribution >= 4 is 11.9 Å². The van der Waals surface area contributed by atoms with Crippen LogP contribution < -0.4 is 0 Å². The highest BCUT2D eigenvalue weighted by atomic mass is 19.1. The smallest absolute Gasteiger partial charge is 0.305 e. The third-order valence-electron chi connectivity index (χ3n) is 4.62. The summed E-state index contributed by atoms with van der Waals surface area (Å²) < 4.78 is 14.7. The molecular weight excluding hydrogens is 325 g/mol. The van der Waals surface area contributed by atoms with Crippen LogP contribution in [-0.4, -0.2) is 44.3 Å². The molecule has 0 aliphatic carbocycles. The van der Waals surface area contributed by atoms with Crippen LogP contribution in [0, 0.1) is 19.7 Å². The maximum atomic E-state index is 13.1. The molecule has 25 heavy (non-hydrogen) atoms. The van der Waals surface area contributed by atoms with Crippen molar-refractivity contribution in [1.29, 1.82) is 0 Å². The van der Waals surface area contributed by atoms with E-state index in [1.165, 1.54) is 12.1 Å². The third-order valence-corrected chi connectivity index (χ3v) is 4.62. The number of amides is 1. The van der Waals surface area contributed by atoms with Gasteiger partial charge in [-0.05, 0) is 51.0 Å². The number of carbonyl (C=O) groups is 2. The van der Waals surface area contributed by atoms with Crippen LogP contribution in [0.25, 0.3) is 5.69 Å². The lowest BCUT2D eigenvalue weighted by atomic mass is 10.1. The first-order valence-electron chi connectivity index (χ1n) is 8.23. The minimum absolute atomic E-state index is 0.0457. The fraction of sp³-hybridized carbons (Fsp3) is 0.389. The summed E-state index contributed by atoms with van der Waals surface area (Å²) >= 11 is 0. The Bertz CT molecular complexity index is 814. The van der Waals surface area contributed by atoms with E-state index >= 15 is 0 Å². The molecule has 1 aromatic heterocycles. The lowest BCUT2D eigenvalue weighted by Gasteiger charge is -2.23. The third kappa shape index (κ3) is 3.26. The second kappa shape index (κ2) is 6.66. The normalized spacial score (nSPS) is 17.1. The maximum Gasteiger partial charge on any atom is 0.305 e. The fourth-order valence-corrected chi connectivity index (χ4v) is 3.45. The van der Waals surface area contributed by atoms with Crippen molar-refractivity contribution in [3.63, 3.8) is 0 Å². The summed E-state index contributed by atoms with van der Waals surface area (Å²) in [6.07, 6.45) is 1.45. The molecule has 0 saturated carbocycles. The van der Waals surface area contributed by atoms with Crippen molar-refractivity contribution in [2.24, 2.45) is 0 Å². The van der Waals surface area contributed by atoms with Crippen LogP contribution in [0.3, 0.4) is 0 Å². The Kier molecular flexibility index (Phi) is 4.57. The summed E-state index contributed by atoms with van der Waals surface area (Å²) in [5.74, 6) is -1.43. The number of aromatic nitrogens is 2. The molecule has 6 nitrogen and oxygen atoms in total. The number of likely N-dealkylation sites (tertiary alicyclic amines) is 1. The Labute approximate surface area is 144 Å². The van der Waals surface area contributed by atoms with Gasteiger partial charge in [0.05, 0.1) is 29.1 Å². The zero-order valence-electron chi connectivity index (χ0n) is 14.2. The van der Waals surface area contributed by atoms with Crippen molar-refractivity contribution < 1.29 is 19.1 Å². The highest BCUT2D eigenvalue weighted by Crippen LogP contribution is 2.26. The van der Waals surface area contributed by atoms with E-state index in [9.17, 15) is 14.0 Å². The van der Waals surface area contributed by atoms with Crippen molar-refractivity contribution in [2.45, 2.75) is 39.2 Å². The number of aryl methyl sites for hydroxylation is 1. The Morgan fingerprint density at radius 1 is 1.28 bits per heavy atom. The molecule has 1 aliphatic rings. The average Bonchev–Trinajstić information content (AvgIpc) is 3.12. The summed E-state index contributed by atoms with van der Waals surface area (Å²) in [4.78, 5) is 25.7. The van der Waals surface area contributed by atoms with Crippen LogP contribution in [0.2, 0.25) is 0 Å². The molecule has 1 saturated heterocycles. The second-order valence-electron chi connectivity index (χ2n) is 6.33. The van der Waals surface area contributed by atoms with Crippen LogP contribution in [0.15, 0.2) is 24.3 Å². The molecule has 1 N–H and O–H groups in total. The number of hydrogen-bond acceptors (Lipinski definition) is 3. The van der Waals surface area contributed by atoms with E-state index in [0.717, 1.165) is 6.42 Å². The van der Waals surface area contributed by atoms with Gasteiger partial charge in [-0.3, -0.25) is 9.59 Å². The number of carboxylic acid groups (broad SMARTS) is 1. The molecule has 0 radical (unpaired) electrons. The molecule has 2 aromatic rings. The van der Waals surface area contributed by atoms with Crippen molar-refractivity contribution in [3.8, 4) is 5.69 Å². The predicted octanol–water partition coefficient (Wildman–Crippen LogP) is 2.71. The van der Waals surface area contributed by atoms with E-state index < -0.39 is 5.97 Å². The van der Waals surface area contributed by atoms with Crippen molar-refractivity contribution in [1.82, 2.24) is 14.7 Å². The lowest BCUT2D eigenvalue weighted by molar-refractivity contribution is -0.137. The lowest BCUT2D eigenvalue weighted by Crippen LogP contribution is -2.37. The quantitative estimate of drug-likeness (QED) is 0.924. The molecule has 0 spiro atoms. The first kappa shape index (κ1) is 17.1. The molecule has 1 aliphatic heterocycles. The van der Waals surface area contributed by atoms with E-state index in [4.69, 9.17) is 5.11 Å². The number of rotatable bonds is 4. The van der Waals surface area contributed by atoms with Crippen LogP contribution >= 0.6 is 0 Å². The van der Waals surface area contributed by atoms with Gasteiger partial charge in [0.25, 0.3) is 5.91 Å². The number of halogens is 1. The van der Waals surface area contributed by atoms with Gasteiger partial charge in [0.1, 0.15) is 5.82 Å². The van der Waals surface area contributed by atoms with Crippen molar-refractivity contribution in [2.75, 3.05) is 6.54 Å². The molecular formula is C18H20FN3O3. The molecule has 1 unspecified atom stereocenters. The molecule has 7 heteroatoms. The number of carboxylic acids is 1. The van der Waals surface area contributed by atoms with Crippen LogP contribution in [0.4, 0.5) is 4.39 Å². The Morgan fingerprint density at radius 2 is 1.96 bits per heavy atom. The highest BCUT2D eigenvalue weighted by molar-refractivity contribution is 5.97. The standard InChI is InChI=1S/C18H20FN3O3/c1-11-17(18(25)21-9-3-4-15(21)10-16(23)24)12(2)22(20-11)14-7-5-13(19)6-8-14/h5-8,15H,3-4,9-10H2,1-2H3,(H,23,24). The first-order valence-corrected chi connectivity index (χ1v) is 8.23. The van der Waals surface area contributed by atoms with Crippen LogP contribution in [0.1, 0.15) is 41.0 Å². The van der Waals surface area contributed by atoms with Gasteiger partial charge in [0.15, 0.2) is 0 Å². The van der Waals surface area contributed by atoms with Crippen molar-refractivity contribution in [3.05, 3.63) is 47.0 Å². The largest absolute Gasteiger partial charge is 0.481 e. The highest BCUT2D eigenvalue weighted by Gasteiger charge is 2.33. The minimum Gasteiger partial charge on any atom is -0.481 e. The van der Waals surface area contributed by atoms with E-state index in [-0.39, 0.29) is 24.2 Å². The van der Waals surface area contributed by atoms with Gasteiger partial charge in [-0.1, -0.05) is 0 Å². The maximum absolute atomic E-state index is 13.1. The Morgan fingerprint density at radius 3 is 2.60 bits per heavy atom. The van der Waals surface area contributed by atoms with E-state index in [2.05, 4.69) is 5.10 Å². The second-order valence-corrected chi connectivity index (χ2v) is 6.33. The van der Waals surface area contributed by atoms with Gasteiger partial charge in [-0.15, -0.1) is 0 Å². The monoisotopic (exact) mass is 345 g/mol. The number of nitrogens with zero attached hydrogens (tertiary/aromatic N) is 3. The van der Waals surface area contributed by atoms with E-state index in [1.54, 1.807) is 35.6 Å². The molecule has 132 valence electrons. The number of carbonyl (C=O) groups excluding carboxylic acids is 1. The summed E-state index contributed by atoms with van der Waals surface area (Å²) in [5.41, 5.74) is 2.40. The van der Waals surface area contributed by atoms with Crippen LogP contribution in [-0.2, 0) is 4.79 Å². The van der Waals surface area contributed by atoms with E-state index in [0.29, 0.717) is 35.6 Å². The first-order chi connectivity index (χ1) is 11.9. The van der Waals surface area contributed by atoms with Gasteiger partial charge < -0.3 is 10.0 Å². The number of benzene rings is 1. The molecule has 1 fully saturated rings. The van der Waals surface area contributed by atoms with Gasteiger partial charge >= 0.3 is 5.97 Å². The Hall–Kier alpha value is -2.70. The number of hydrogen-bond donors (Lipinski definition) is 1. The molecule has 1 atom stereocenters. The molecule has 0 bridgehead atoms. The summed E-state index contributed by atoms with van der Waals surface area (Å²) in [6, 6.07) is 5.61. The molecule has 2 heterocycles. The molecule has 1 amide bonds. The summed E-state index contributed by atoms with van der Waals surface area (Å²) in [5, 5.41) is 13.5. The SMILES string of the molecule is Cc1nn(-c2ccc(F)cc2)c(C)c1C(=O)N1CCCC1CC(=O)O. The predicted molar refractivity (Wildman–Crippen MR) is 89.3 cm³/mol. The van der Waals surface area contributed by atoms with E-state index in [1.807, 2.05) is 0 Å². The zero-order valence-corrected chi connectivity index (χ0v) is 14.2. The average molecular weight is 345 g/mol.